The molecule has 0 radical (unpaired) electrons. The van der Waals surface area contributed by atoms with E-state index in [9.17, 15) is 14.9 Å². The van der Waals surface area contributed by atoms with E-state index in [4.69, 9.17) is 4.74 Å². The van der Waals surface area contributed by atoms with Crippen LogP contribution in [0.4, 0.5) is 5.69 Å². The van der Waals surface area contributed by atoms with E-state index in [2.05, 4.69) is 0 Å². The predicted octanol–water partition coefficient (Wildman–Crippen LogP) is 2.50. The Morgan fingerprint density at radius 1 is 1.50 bits per heavy atom. The van der Waals surface area contributed by atoms with E-state index in [1.807, 2.05) is 0 Å². The Bertz CT molecular complexity index is 440. The largest absolute Gasteiger partial charge is 0.493 e. The van der Waals surface area contributed by atoms with Gasteiger partial charge in [-0.25, -0.2) is 0 Å². The number of hydrogen-bond donors (Lipinski definition) is 0. The second-order valence-corrected chi connectivity index (χ2v) is 3.38. The molecule has 0 amide bonds. The number of ketones is 1. The Hall–Kier alpha value is -1.91. The fourth-order valence-corrected chi connectivity index (χ4v) is 1.42. The van der Waals surface area contributed by atoms with Crippen LogP contribution in [0.5, 0.6) is 5.75 Å². The van der Waals surface area contributed by atoms with E-state index >= 15 is 0 Å². The number of carbonyl (C=O) groups is 1. The van der Waals surface area contributed by atoms with E-state index in [1.54, 1.807) is 13.8 Å². The minimum absolute atomic E-state index is 0.117. The van der Waals surface area contributed by atoms with Crippen molar-refractivity contribution in [3.63, 3.8) is 0 Å². The first-order valence-electron chi connectivity index (χ1n) is 4.90. The van der Waals surface area contributed by atoms with Gasteiger partial charge in [0, 0.05) is 0 Å². The molecule has 0 aromatic heterocycles. The van der Waals surface area contributed by atoms with Crippen LogP contribution in [0.15, 0.2) is 12.1 Å². The number of benzene rings is 1. The summed E-state index contributed by atoms with van der Waals surface area (Å²) >= 11 is 0. The maximum atomic E-state index is 11.2. The third kappa shape index (κ3) is 2.36. The van der Waals surface area contributed by atoms with Crippen LogP contribution in [0, 0.1) is 17.0 Å². The summed E-state index contributed by atoms with van der Waals surface area (Å²) in [5, 5.41) is 10.8. The number of rotatable bonds is 4. The molecular weight excluding hydrogens is 210 g/mol. The zero-order valence-corrected chi connectivity index (χ0v) is 9.44. The summed E-state index contributed by atoms with van der Waals surface area (Å²) in [5.74, 6) is 0.122. The van der Waals surface area contributed by atoms with Crippen LogP contribution in [0.2, 0.25) is 0 Å². The van der Waals surface area contributed by atoms with Gasteiger partial charge in [0.1, 0.15) is 5.75 Å². The molecular formula is C11H13NO4. The van der Waals surface area contributed by atoms with Gasteiger partial charge in [-0.1, -0.05) is 0 Å². The van der Waals surface area contributed by atoms with Crippen LogP contribution in [0.1, 0.15) is 29.8 Å². The highest BCUT2D eigenvalue weighted by Gasteiger charge is 2.20. The Kier molecular flexibility index (Phi) is 3.60. The quantitative estimate of drug-likeness (QED) is 0.446. The number of ether oxygens (including phenoxy) is 1. The number of hydrogen-bond acceptors (Lipinski definition) is 4. The molecule has 1 rings (SSSR count). The Balaban J connectivity index is 3.37. The molecule has 0 unspecified atom stereocenters. The summed E-state index contributed by atoms with van der Waals surface area (Å²) in [6, 6.07) is 2.79. The molecule has 0 heterocycles. The number of carbonyl (C=O) groups excluding carboxylic acids is 1. The molecule has 0 saturated heterocycles. The number of nitro benzene ring substituents is 1. The lowest BCUT2D eigenvalue weighted by atomic mass is 10.1. The van der Waals surface area contributed by atoms with Crippen LogP contribution in [0.25, 0.3) is 0 Å². The van der Waals surface area contributed by atoms with Crippen LogP contribution in [-0.4, -0.2) is 17.3 Å². The van der Waals surface area contributed by atoms with Crippen molar-refractivity contribution < 1.29 is 14.5 Å². The smallest absolute Gasteiger partial charge is 0.283 e. The van der Waals surface area contributed by atoms with Gasteiger partial charge in [0.05, 0.1) is 23.2 Å². The second-order valence-electron chi connectivity index (χ2n) is 3.38. The van der Waals surface area contributed by atoms with E-state index in [-0.39, 0.29) is 17.0 Å². The molecule has 86 valence electrons. The normalized spacial score (nSPS) is 9.94. The molecule has 0 saturated carbocycles. The maximum absolute atomic E-state index is 11.2. The maximum Gasteiger partial charge on any atom is 0.283 e. The van der Waals surface area contributed by atoms with E-state index in [0.29, 0.717) is 12.4 Å². The summed E-state index contributed by atoms with van der Waals surface area (Å²) in [6.07, 6.45) is 0. The zero-order chi connectivity index (χ0) is 12.3. The van der Waals surface area contributed by atoms with Crippen molar-refractivity contribution in [3.8, 4) is 5.75 Å². The van der Waals surface area contributed by atoms with Gasteiger partial charge in [-0.3, -0.25) is 14.9 Å². The fourth-order valence-electron chi connectivity index (χ4n) is 1.42. The molecule has 0 fully saturated rings. The zero-order valence-electron chi connectivity index (χ0n) is 9.44. The van der Waals surface area contributed by atoms with Crippen molar-refractivity contribution in [1.82, 2.24) is 0 Å². The molecule has 0 N–H and O–H groups in total. The lowest BCUT2D eigenvalue weighted by Crippen LogP contribution is -2.03. The molecule has 0 spiro atoms. The van der Waals surface area contributed by atoms with Crippen LogP contribution in [-0.2, 0) is 0 Å². The van der Waals surface area contributed by atoms with Crippen molar-refractivity contribution in [1.29, 1.82) is 0 Å². The first kappa shape index (κ1) is 12.2. The van der Waals surface area contributed by atoms with Crippen LogP contribution < -0.4 is 4.74 Å². The minimum Gasteiger partial charge on any atom is -0.493 e. The molecule has 16 heavy (non-hydrogen) atoms. The topological polar surface area (TPSA) is 69.4 Å². The molecule has 0 atom stereocenters. The molecule has 0 aliphatic heterocycles. The number of nitrogens with zero attached hydrogens (tertiary/aromatic N) is 1. The lowest BCUT2D eigenvalue weighted by molar-refractivity contribution is -0.385. The van der Waals surface area contributed by atoms with Gasteiger partial charge in [0.2, 0.25) is 0 Å². The Morgan fingerprint density at radius 2 is 2.12 bits per heavy atom. The average molecular weight is 223 g/mol. The molecule has 5 nitrogen and oxygen atoms in total. The summed E-state index contributed by atoms with van der Waals surface area (Å²) in [7, 11) is 0. The minimum atomic E-state index is -0.571. The summed E-state index contributed by atoms with van der Waals surface area (Å²) < 4.78 is 5.25. The summed E-state index contributed by atoms with van der Waals surface area (Å²) in [5.41, 5.74) is 0.630. The van der Waals surface area contributed by atoms with Crippen molar-refractivity contribution in [3.05, 3.63) is 33.4 Å². The SMILES string of the molecule is CCOc1cc([N+](=O)[O-])c(C(C)=O)cc1C. The van der Waals surface area contributed by atoms with Crippen LogP contribution >= 0.6 is 0 Å². The first-order chi connectivity index (χ1) is 7.47. The van der Waals surface area contributed by atoms with Crippen molar-refractivity contribution >= 4 is 11.5 Å². The van der Waals surface area contributed by atoms with E-state index in [1.165, 1.54) is 19.1 Å². The van der Waals surface area contributed by atoms with Gasteiger partial charge in [-0.15, -0.1) is 0 Å². The molecule has 5 heteroatoms. The molecule has 0 bridgehead atoms. The predicted molar refractivity (Wildman–Crippen MR) is 59.0 cm³/mol. The van der Waals surface area contributed by atoms with E-state index in [0.717, 1.165) is 5.56 Å². The highest BCUT2D eigenvalue weighted by molar-refractivity contribution is 5.98. The van der Waals surface area contributed by atoms with Gasteiger partial charge in [0.15, 0.2) is 5.78 Å². The first-order valence-corrected chi connectivity index (χ1v) is 4.90. The van der Waals surface area contributed by atoms with Gasteiger partial charge in [-0.2, -0.15) is 0 Å². The van der Waals surface area contributed by atoms with Gasteiger partial charge in [-0.05, 0) is 32.4 Å². The number of aryl methyl sites for hydroxylation is 1. The molecule has 0 aliphatic carbocycles. The van der Waals surface area contributed by atoms with Gasteiger partial charge >= 0.3 is 0 Å². The van der Waals surface area contributed by atoms with Crippen molar-refractivity contribution in [2.24, 2.45) is 0 Å². The molecule has 0 aliphatic rings. The summed E-state index contributed by atoms with van der Waals surface area (Å²) in [6.45, 7) is 5.28. The Morgan fingerprint density at radius 3 is 2.56 bits per heavy atom. The Labute approximate surface area is 93.2 Å². The standard InChI is InChI=1S/C11H13NO4/c1-4-16-11-6-10(12(14)15)9(8(3)13)5-7(11)2/h5-6H,4H2,1-3H3. The van der Waals surface area contributed by atoms with Crippen LogP contribution in [0.3, 0.4) is 0 Å². The van der Waals surface area contributed by atoms with Crippen molar-refractivity contribution in [2.45, 2.75) is 20.8 Å². The highest BCUT2D eigenvalue weighted by Crippen LogP contribution is 2.28. The summed E-state index contributed by atoms with van der Waals surface area (Å²) in [4.78, 5) is 21.5. The second kappa shape index (κ2) is 4.74. The van der Waals surface area contributed by atoms with Crippen molar-refractivity contribution in [2.75, 3.05) is 6.61 Å². The fraction of sp³-hybridized carbons (Fsp3) is 0.364. The lowest BCUT2D eigenvalue weighted by Gasteiger charge is -2.08. The molecule has 1 aromatic carbocycles. The monoisotopic (exact) mass is 223 g/mol. The molecule has 1 aromatic rings. The average Bonchev–Trinajstić information content (AvgIpc) is 2.20. The highest BCUT2D eigenvalue weighted by atomic mass is 16.6. The number of Topliss-reactive ketones (excluding diaryl/α,β-unsaturated/α-hetero) is 1. The van der Waals surface area contributed by atoms with Gasteiger partial charge in [0.25, 0.3) is 5.69 Å². The van der Waals surface area contributed by atoms with Gasteiger partial charge < -0.3 is 4.74 Å². The third-order valence-corrected chi connectivity index (χ3v) is 2.17. The third-order valence-electron chi connectivity index (χ3n) is 2.17. The van der Waals surface area contributed by atoms with E-state index < -0.39 is 4.92 Å². The number of nitro groups is 1.